The summed E-state index contributed by atoms with van der Waals surface area (Å²) < 4.78 is 0. The van der Waals surface area contributed by atoms with Gasteiger partial charge in [0.2, 0.25) is 0 Å². The van der Waals surface area contributed by atoms with Gasteiger partial charge in [-0.3, -0.25) is 9.59 Å². The first-order valence-electron chi connectivity index (χ1n) is 6.76. The van der Waals surface area contributed by atoms with Crippen LogP contribution in [-0.2, 0) is 14.4 Å². The van der Waals surface area contributed by atoms with Crippen molar-refractivity contribution < 1.29 is 14.4 Å². The predicted molar refractivity (Wildman–Crippen MR) is 75.0 cm³/mol. The first kappa shape index (κ1) is 15.6. The van der Waals surface area contributed by atoms with Crippen LogP contribution >= 0.6 is 0 Å². The molecule has 1 aliphatic carbocycles. The highest BCUT2D eigenvalue weighted by Crippen LogP contribution is 2.35. The molecule has 19 heavy (non-hydrogen) atoms. The van der Waals surface area contributed by atoms with Crippen LogP contribution < -0.4 is 0 Å². The predicted octanol–water partition coefficient (Wildman–Crippen LogP) is 2.92. The summed E-state index contributed by atoms with van der Waals surface area (Å²) in [6.45, 7) is 9.77. The van der Waals surface area contributed by atoms with Crippen molar-refractivity contribution in [3.8, 4) is 0 Å². The molecular formula is C15H23NO3. The molecule has 0 N–H and O–H groups in total. The minimum Gasteiger partial charge on any atom is -0.392 e. The summed E-state index contributed by atoms with van der Waals surface area (Å²) >= 11 is 0. The first-order chi connectivity index (χ1) is 8.91. The van der Waals surface area contributed by atoms with E-state index in [0.29, 0.717) is 25.0 Å². The molecule has 1 rings (SSSR count). The number of ketones is 2. The van der Waals surface area contributed by atoms with E-state index >= 15 is 0 Å². The summed E-state index contributed by atoms with van der Waals surface area (Å²) in [6.07, 6.45) is 3.79. The smallest absolute Gasteiger partial charge is 0.149 e. The van der Waals surface area contributed by atoms with Gasteiger partial charge in [-0.2, -0.15) is 0 Å². The second kappa shape index (κ2) is 6.64. The van der Waals surface area contributed by atoms with Crippen molar-refractivity contribution in [2.24, 2.45) is 16.5 Å². The number of hydrogen-bond donors (Lipinski definition) is 0. The highest BCUT2D eigenvalue weighted by atomic mass is 16.6. The van der Waals surface area contributed by atoms with E-state index in [1.165, 1.54) is 0 Å². The molecule has 0 aliphatic heterocycles. The Morgan fingerprint density at radius 1 is 1.53 bits per heavy atom. The summed E-state index contributed by atoms with van der Waals surface area (Å²) in [6, 6.07) is 0. The molecule has 1 fully saturated rings. The van der Waals surface area contributed by atoms with Gasteiger partial charge < -0.3 is 4.84 Å². The minimum absolute atomic E-state index is 0.0318. The Bertz CT molecular complexity index is 396. The molecule has 1 aliphatic rings. The van der Waals surface area contributed by atoms with E-state index in [9.17, 15) is 9.59 Å². The second-order valence-corrected chi connectivity index (χ2v) is 5.80. The van der Waals surface area contributed by atoms with Crippen molar-refractivity contribution in [2.45, 2.75) is 46.5 Å². The zero-order chi connectivity index (χ0) is 14.5. The Kier molecular flexibility index (Phi) is 5.45. The lowest BCUT2D eigenvalue weighted by atomic mass is 9.69. The average Bonchev–Trinajstić information content (AvgIpc) is 2.27. The van der Waals surface area contributed by atoms with Gasteiger partial charge in [0, 0.05) is 12.8 Å². The summed E-state index contributed by atoms with van der Waals surface area (Å²) in [5.41, 5.74) is 0.415. The molecule has 1 atom stereocenters. The number of oxime groups is 1. The van der Waals surface area contributed by atoms with Crippen LogP contribution in [0.4, 0.5) is 0 Å². The summed E-state index contributed by atoms with van der Waals surface area (Å²) in [7, 11) is 0. The summed E-state index contributed by atoms with van der Waals surface area (Å²) in [5, 5.41) is 4.01. The zero-order valence-electron chi connectivity index (χ0n) is 12.1. The maximum Gasteiger partial charge on any atom is 0.149 e. The largest absolute Gasteiger partial charge is 0.392 e. The lowest BCUT2D eigenvalue weighted by Crippen LogP contribution is -2.42. The fraction of sp³-hybridized carbons (Fsp3) is 0.667. The van der Waals surface area contributed by atoms with Crippen molar-refractivity contribution in [2.75, 3.05) is 6.61 Å². The molecule has 4 nitrogen and oxygen atoms in total. The van der Waals surface area contributed by atoms with Crippen molar-refractivity contribution >= 4 is 17.3 Å². The highest BCUT2D eigenvalue weighted by molar-refractivity contribution is 6.22. The van der Waals surface area contributed by atoms with Crippen LogP contribution in [0.5, 0.6) is 0 Å². The van der Waals surface area contributed by atoms with Gasteiger partial charge in [0.1, 0.15) is 24.1 Å². The van der Waals surface area contributed by atoms with Crippen molar-refractivity contribution in [1.82, 2.24) is 0 Å². The third-order valence-corrected chi connectivity index (χ3v) is 3.16. The fourth-order valence-corrected chi connectivity index (χ4v) is 2.43. The summed E-state index contributed by atoms with van der Waals surface area (Å²) in [5.74, 6) is -0.766. The van der Waals surface area contributed by atoms with E-state index in [1.807, 2.05) is 20.8 Å². The molecule has 106 valence electrons. The van der Waals surface area contributed by atoms with Gasteiger partial charge in [-0.15, -0.1) is 0 Å². The molecule has 4 heteroatoms. The van der Waals surface area contributed by atoms with Gasteiger partial charge in [0.25, 0.3) is 0 Å². The minimum atomic E-state index is -0.696. The van der Waals surface area contributed by atoms with E-state index in [-0.39, 0.29) is 23.6 Å². The Morgan fingerprint density at radius 3 is 2.79 bits per heavy atom. The molecule has 0 heterocycles. The van der Waals surface area contributed by atoms with E-state index < -0.39 is 5.92 Å². The average molecular weight is 265 g/mol. The number of rotatable bonds is 6. The van der Waals surface area contributed by atoms with Crippen LogP contribution in [-0.4, -0.2) is 23.9 Å². The summed E-state index contributed by atoms with van der Waals surface area (Å²) in [4.78, 5) is 29.4. The maximum absolute atomic E-state index is 12.2. The molecule has 0 aromatic carbocycles. The van der Waals surface area contributed by atoms with E-state index in [2.05, 4.69) is 11.7 Å². The lowest BCUT2D eigenvalue weighted by Gasteiger charge is -2.33. The van der Waals surface area contributed by atoms with Crippen LogP contribution in [0.2, 0.25) is 0 Å². The van der Waals surface area contributed by atoms with Gasteiger partial charge in [0.15, 0.2) is 0 Å². The molecule has 0 bridgehead atoms. The third-order valence-electron chi connectivity index (χ3n) is 3.16. The number of hydrogen-bond acceptors (Lipinski definition) is 4. The normalized spacial score (nSPS) is 24.3. The second-order valence-electron chi connectivity index (χ2n) is 5.80. The Labute approximate surface area is 114 Å². The topological polar surface area (TPSA) is 55.7 Å². The van der Waals surface area contributed by atoms with Gasteiger partial charge in [-0.25, -0.2) is 0 Å². The monoisotopic (exact) mass is 265 g/mol. The quantitative estimate of drug-likeness (QED) is 0.321. The third kappa shape index (κ3) is 4.30. The van der Waals surface area contributed by atoms with E-state index in [1.54, 1.807) is 6.08 Å². The number of carbonyl (C=O) groups excluding carboxylic acids is 2. The van der Waals surface area contributed by atoms with Gasteiger partial charge in [0.05, 0.1) is 5.71 Å². The van der Waals surface area contributed by atoms with E-state index in [4.69, 9.17) is 4.84 Å². The van der Waals surface area contributed by atoms with Gasteiger partial charge in [-0.1, -0.05) is 38.6 Å². The SMILES string of the molecule is C=CCO/N=C1\CC(C)(C)CC(=O)C1C(=O)CCC. The van der Waals surface area contributed by atoms with Crippen LogP contribution in [0.3, 0.4) is 0 Å². The van der Waals surface area contributed by atoms with Crippen molar-refractivity contribution in [3.63, 3.8) is 0 Å². The Morgan fingerprint density at radius 2 is 2.21 bits per heavy atom. The molecular weight excluding hydrogens is 242 g/mol. The molecule has 0 aromatic heterocycles. The lowest BCUT2D eigenvalue weighted by molar-refractivity contribution is -0.132. The Balaban J connectivity index is 2.94. The van der Waals surface area contributed by atoms with Crippen LogP contribution in [0.15, 0.2) is 17.8 Å². The van der Waals surface area contributed by atoms with Crippen molar-refractivity contribution in [3.05, 3.63) is 12.7 Å². The molecule has 0 saturated heterocycles. The number of nitrogens with zero attached hydrogens (tertiary/aromatic N) is 1. The molecule has 0 amide bonds. The van der Waals surface area contributed by atoms with Gasteiger partial charge in [-0.05, 0) is 18.3 Å². The van der Waals surface area contributed by atoms with Crippen LogP contribution in [0.25, 0.3) is 0 Å². The van der Waals surface area contributed by atoms with E-state index in [0.717, 1.165) is 6.42 Å². The maximum atomic E-state index is 12.2. The molecule has 0 radical (unpaired) electrons. The van der Waals surface area contributed by atoms with Crippen LogP contribution in [0, 0.1) is 11.3 Å². The molecule has 1 unspecified atom stereocenters. The fourth-order valence-electron chi connectivity index (χ4n) is 2.43. The highest BCUT2D eigenvalue weighted by Gasteiger charge is 2.41. The number of carbonyl (C=O) groups is 2. The molecule has 0 spiro atoms. The van der Waals surface area contributed by atoms with Crippen LogP contribution in [0.1, 0.15) is 46.5 Å². The molecule has 0 aromatic rings. The Hall–Kier alpha value is -1.45. The standard InChI is InChI=1S/C15H23NO3/c1-5-7-12(17)14-11(16-19-8-6-2)9-15(3,4)10-13(14)18/h6,14H,2,5,7-10H2,1,3-4H3/b16-11+. The molecule has 1 saturated carbocycles. The van der Waals surface area contributed by atoms with Gasteiger partial charge >= 0.3 is 0 Å². The first-order valence-corrected chi connectivity index (χ1v) is 6.76. The van der Waals surface area contributed by atoms with Crippen molar-refractivity contribution in [1.29, 1.82) is 0 Å². The zero-order valence-corrected chi connectivity index (χ0v) is 12.1. The number of Topliss-reactive ketones (excluding diaryl/α,β-unsaturated/α-hetero) is 2.